The van der Waals surface area contributed by atoms with E-state index in [0.29, 0.717) is 65.0 Å². The van der Waals surface area contributed by atoms with Crippen LogP contribution in [0.1, 0.15) is 362 Å². The van der Waals surface area contributed by atoms with Gasteiger partial charge in [0.15, 0.2) is 12.2 Å². The predicted molar refractivity (Wildman–Crippen MR) is 367 cm³/mol. The Morgan fingerprint density at radius 3 is 0.692 bits per heavy atom. The number of carbonyl (C=O) groups excluding carboxylic acids is 6. The van der Waals surface area contributed by atoms with E-state index in [1.165, 1.54) is 205 Å². The van der Waals surface area contributed by atoms with Crippen molar-refractivity contribution in [3.63, 3.8) is 0 Å². The Kier molecular flexibility index (Phi) is 74.6. The normalized spacial score (nSPS) is 11.8. The molecule has 2 unspecified atom stereocenters. The third-order valence-corrected chi connectivity index (χ3v) is 16.3. The summed E-state index contributed by atoms with van der Waals surface area (Å²) in [5.74, 6) is -2.14. The molecule has 0 radical (unpaired) electrons. The average molecular weight is 1300 g/mol. The van der Waals surface area contributed by atoms with Crippen LogP contribution in [0.2, 0.25) is 0 Å². The number of hydrogen-bond acceptors (Lipinski definition) is 16. The van der Waals surface area contributed by atoms with Gasteiger partial charge in [-0.2, -0.15) is 0 Å². The number of methoxy groups -OCH3 is 1. The molecule has 91 heavy (non-hydrogen) atoms. The van der Waals surface area contributed by atoms with Gasteiger partial charge in [0.2, 0.25) is 0 Å². The van der Waals surface area contributed by atoms with Crippen LogP contribution in [0, 0.1) is 0 Å². The first-order valence-corrected chi connectivity index (χ1v) is 37.8. The monoisotopic (exact) mass is 1300 g/mol. The number of unbranched alkanes of at least 4 members (excludes halogenated alkanes) is 40. The van der Waals surface area contributed by atoms with Crippen molar-refractivity contribution in [3.05, 3.63) is 0 Å². The molecular formula is C75H142O16. The minimum atomic E-state index is -0.818. The summed E-state index contributed by atoms with van der Waals surface area (Å²) in [6.45, 7) is 10.4. The van der Waals surface area contributed by atoms with Crippen LogP contribution < -0.4 is 0 Å². The van der Waals surface area contributed by atoms with E-state index in [0.717, 1.165) is 77.0 Å². The highest BCUT2D eigenvalue weighted by molar-refractivity contribution is 5.72. The fraction of sp³-hybridized carbons (Fsp3) is 0.920. The van der Waals surface area contributed by atoms with Crippen LogP contribution in [-0.2, 0) is 71.4 Å². The van der Waals surface area contributed by atoms with Crippen molar-refractivity contribution in [2.75, 3.05) is 73.2 Å². The van der Waals surface area contributed by atoms with Crippen LogP contribution in [0.25, 0.3) is 0 Å². The Bertz CT molecular complexity index is 1580. The largest absolute Gasteiger partial charge is 0.462 e. The summed E-state index contributed by atoms with van der Waals surface area (Å²) in [7, 11) is 1.61. The molecule has 0 saturated carbocycles. The molecule has 1 N–H and O–H groups in total. The van der Waals surface area contributed by atoms with Gasteiger partial charge in [0.1, 0.15) is 26.4 Å². The van der Waals surface area contributed by atoms with E-state index in [1.54, 1.807) is 7.11 Å². The zero-order chi connectivity index (χ0) is 66.8. The second kappa shape index (κ2) is 75.7. The molecule has 0 aromatic carbocycles. The second-order valence-corrected chi connectivity index (χ2v) is 25.2. The molecule has 16 heteroatoms. The number of aliphatic hydroxyl groups excluding tert-OH is 1. The molecule has 0 aromatic heterocycles. The molecule has 0 rings (SSSR count). The Labute approximate surface area is 557 Å². The van der Waals surface area contributed by atoms with Gasteiger partial charge < -0.3 is 47.7 Å². The molecule has 0 spiro atoms. The molecule has 16 nitrogen and oxygen atoms in total. The Morgan fingerprint density at radius 2 is 0.462 bits per heavy atom. The maximum absolute atomic E-state index is 12.6. The molecule has 0 heterocycles. The first kappa shape index (κ1) is 89.7. The van der Waals surface area contributed by atoms with Crippen molar-refractivity contribution in [1.29, 1.82) is 0 Å². The quantitative estimate of drug-likeness (QED) is 0.0341. The molecule has 538 valence electrons. The lowest BCUT2D eigenvalue weighted by atomic mass is 10.1. The Hall–Kier alpha value is -3.34. The smallest absolute Gasteiger partial charge is 0.306 e. The second-order valence-electron chi connectivity index (χ2n) is 25.2. The predicted octanol–water partition coefficient (Wildman–Crippen LogP) is 19.0. The molecule has 0 aromatic rings. The number of carbonyl (C=O) groups is 6. The standard InChI is InChI=1S/C38H72O8.C37H70O8/c1-4-6-8-10-12-14-16-18-20-22-24-27-36(39)44-33-35(34-45-37(40)29-26-30-43-32-31-42-3)46-38(41)28-25-23-21-19-17-15-13-11-9-7-5-2;1-3-5-7-9-11-13-15-17-19-21-23-26-35(39)43-32-34(33-44-36(40)28-25-30-42-31-29-38)45-37(41)27-24-22-20-18-16-14-12-10-8-6-4-2/h35H,4-34H2,1-3H3;34,38H,3-33H2,1-2H3. The summed E-state index contributed by atoms with van der Waals surface area (Å²) in [6.07, 6.45) is 54.2. The zero-order valence-corrected chi connectivity index (χ0v) is 59.6. The van der Waals surface area contributed by atoms with Gasteiger partial charge in [-0.15, -0.1) is 0 Å². The molecule has 0 aliphatic heterocycles. The number of aliphatic hydroxyl groups is 1. The zero-order valence-electron chi connectivity index (χ0n) is 59.6. The highest BCUT2D eigenvalue weighted by Gasteiger charge is 2.21. The van der Waals surface area contributed by atoms with Crippen LogP contribution in [0.3, 0.4) is 0 Å². The maximum atomic E-state index is 12.6. The molecule has 0 bridgehead atoms. The van der Waals surface area contributed by atoms with Crippen molar-refractivity contribution in [1.82, 2.24) is 0 Å². The van der Waals surface area contributed by atoms with E-state index >= 15 is 0 Å². The number of rotatable bonds is 71. The molecule has 0 aliphatic rings. The van der Waals surface area contributed by atoms with Crippen molar-refractivity contribution in [2.24, 2.45) is 0 Å². The summed E-state index contributed by atoms with van der Waals surface area (Å²) in [5.41, 5.74) is 0. The summed E-state index contributed by atoms with van der Waals surface area (Å²) in [6, 6.07) is 0. The van der Waals surface area contributed by atoms with Gasteiger partial charge in [0.05, 0.1) is 26.4 Å². The lowest BCUT2D eigenvalue weighted by Gasteiger charge is -2.18. The first-order chi connectivity index (χ1) is 44.6. The minimum absolute atomic E-state index is 0.0609. The lowest BCUT2D eigenvalue weighted by molar-refractivity contribution is -0.167. The highest BCUT2D eigenvalue weighted by atomic mass is 16.6. The Morgan fingerprint density at radius 1 is 0.253 bits per heavy atom. The average Bonchev–Trinajstić information content (AvgIpc) is 3.76. The molecular weight excluding hydrogens is 1160 g/mol. The van der Waals surface area contributed by atoms with Gasteiger partial charge in [0.25, 0.3) is 0 Å². The van der Waals surface area contributed by atoms with Gasteiger partial charge in [-0.05, 0) is 38.5 Å². The van der Waals surface area contributed by atoms with Crippen LogP contribution in [0.5, 0.6) is 0 Å². The SMILES string of the molecule is CCCCCCCCCCCCCC(=O)OCC(COC(=O)CCCOCCO)OC(=O)CCCCCCCCCCCCC.CCCCCCCCCCCCCC(=O)OCC(COC(=O)CCCOCCOC)OC(=O)CCCCCCCCCCCCC. The fourth-order valence-corrected chi connectivity index (χ4v) is 10.5. The van der Waals surface area contributed by atoms with E-state index in [4.69, 9.17) is 47.7 Å². The summed E-state index contributed by atoms with van der Waals surface area (Å²) in [5, 5.41) is 8.76. The van der Waals surface area contributed by atoms with Crippen molar-refractivity contribution in [2.45, 2.75) is 374 Å². The van der Waals surface area contributed by atoms with Crippen LogP contribution in [0.4, 0.5) is 0 Å². The minimum Gasteiger partial charge on any atom is -0.462 e. The summed E-state index contributed by atoms with van der Waals surface area (Å²) < 4.78 is 48.2. The maximum Gasteiger partial charge on any atom is 0.306 e. The highest BCUT2D eigenvalue weighted by Crippen LogP contribution is 2.18. The number of esters is 6. The van der Waals surface area contributed by atoms with Crippen LogP contribution in [0.15, 0.2) is 0 Å². The van der Waals surface area contributed by atoms with E-state index in [2.05, 4.69) is 27.7 Å². The molecule has 0 aliphatic carbocycles. The van der Waals surface area contributed by atoms with E-state index in [-0.39, 0.29) is 76.4 Å². The van der Waals surface area contributed by atoms with E-state index in [1.807, 2.05) is 0 Å². The van der Waals surface area contributed by atoms with Crippen molar-refractivity contribution in [3.8, 4) is 0 Å². The van der Waals surface area contributed by atoms with Gasteiger partial charge in [0, 0.05) is 58.8 Å². The van der Waals surface area contributed by atoms with Gasteiger partial charge in [-0.25, -0.2) is 0 Å². The molecule has 0 saturated heterocycles. The fourth-order valence-electron chi connectivity index (χ4n) is 10.5. The van der Waals surface area contributed by atoms with Crippen LogP contribution in [-0.4, -0.2) is 126 Å². The van der Waals surface area contributed by atoms with Crippen LogP contribution >= 0.6 is 0 Å². The number of ether oxygens (including phenoxy) is 9. The van der Waals surface area contributed by atoms with E-state index < -0.39 is 24.1 Å². The summed E-state index contributed by atoms with van der Waals surface area (Å²) >= 11 is 0. The third kappa shape index (κ3) is 73.9. The first-order valence-electron chi connectivity index (χ1n) is 37.8. The lowest BCUT2D eigenvalue weighted by Crippen LogP contribution is -2.31. The molecule has 0 fully saturated rings. The topological polar surface area (TPSA) is 206 Å². The Balaban J connectivity index is 0. The molecule has 0 amide bonds. The number of hydrogen-bond donors (Lipinski definition) is 1. The van der Waals surface area contributed by atoms with Crippen molar-refractivity contribution < 1.29 is 76.5 Å². The molecule has 2 atom stereocenters. The van der Waals surface area contributed by atoms with E-state index in [9.17, 15) is 28.8 Å². The van der Waals surface area contributed by atoms with Gasteiger partial charge in [-0.1, -0.05) is 285 Å². The van der Waals surface area contributed by atoms with Gasteiger partial charge in [-0.3, -0.25) is 28.8 Å². The van der Waals surface area contributed by atoms with Gasteiger partial charge >= 0.3 is 35.8 Å². The van der Waals surface area contributed by atoms with Crippen molar-refractivity contribution >= 4 is 35.8 Å². The summed E-state index contributed by atoms with van der Waals surface area (Å²) in [4.78, 5) is 74.2. The third-order valence-electron chi connectivity index (χ3n) is 16.3.